The third kappa shape index (κ3) is 4.71. The minimum absolute atomic E-state index is 0.256. The van der Waals surface area contributed by atoms with Crippen LogP contribution in [-0.4, -0.2) is 69.5 Å². The van der Waals surface area contributed by atoms with Gasteiger partial charge in [0.15, 0.2) is 0 Å². The summed E-state index contributed by atoms with van der Waals surface area (Å²) in [6.07, 6.45) is 6.41. The van der Waals surface area contributed by atoms with Gasteiger partial charge in [-0.15, -0.1) is 0 Å². The van der Waals surface area contributed by atoms with Gasteiger partial charge >= 0.3 is 0 Å². The van der Waals surface area contributed by atoms with Gasteiger partial charge in [-0.25, -0.2) is 0 Å². The fourth-order valence-electron chi connectivity index (χ4n) is 3.29. The first-order valence-corrected chi connectivity index (χ1v) is 8.83. The molecule has 5 heteroatoms. The Hall–Kier alpha value is -1.59. The summed E-state index contributed by atoms with van der Waals surface area (Å²) in [5.41, 5.74) is 1.88. The lowest BCUT2D eigenvalue weighted by Crippen LogP contribution is -2.46. The molecule has 0 saturated carbocycles. The topological polar surface area (TPSA) is 32.8 Å². The molecule has 0 bridgehead atoms. The van der Waals surface area contributed by atoms with Crippen molar-refractivity contribution < 1.29 is 9.53 Å². The molecule has 0 aromatic heterocycles. The molecule has 24 heavy (non-hydrogen) atoms. The number of carbonyl (C=O) groups excluding carboxylic acids is 1. The van der Waals surface area contributed by atoms with Crippen LogP contribution in [0.5, 0.6) is 0 Å². The average molecular weight is 324 g/mol. The molecule has 2 fully saturated rings. The van der Waals surface area contributed by atoms with Gasteiger partial charge in [0.05, 0.1) is 19.8 Å². The first kappa shape index (κ1) is 17.2. The Labute approximate surface area is 145 Å². The van der Waals surface area contributed by atoms with E-state index in [0.717, 1.165) is 63.3 Å². The van der Waals surface area contributed by atoms with Crippen LogP contribution in [0.2, 0.25) is 0 Å². The number of piperidine rings is 1. The number of hydrogen-bond acceptors (Lipinski definition) is 3. The molecule has 2 aliphatic heterocycles. The van der Waals surface area contributed by atoms with Crippen LogP contribution in [-0.2, 0) is 9.53 Å². The molecule has 0 spiro atoms. The zero-order valence-corrected chi connectivity index (χ0v) is 14.2. The Morgan fingerprint density at radius 1 is 1.17 bits per heavy atom. The third-order valence-electron chi connectivity index (χ3n) is 4.90. The van der Waals surface area contributed by atoms with Crippen LogP contribution in [0, 0.1) is 5.92 Å². The molecule has 0 atom stereocenters. The number of allylic oxidation sites excluding steroid dienone is 1. The zero-order chi connectivity index (χ0) is 16.8. The largest absolute Gasteiger partial charge is 0.379 e. The van der Waals surface area contributed by atoms with Gasteiger partial charge in [-0.1, -0.05) is 41.9 Å². The first-order chi connectivity index (χ1) is 11.7. The van der Waals surface area contributed by atoms with Gasteiger partial charge < -0.3 is 9.64 Å². The van der Waals surface area contributed by atoms with E-state index < -0.39 is 0 Å². The molecule has 3 rings (SSSR count). The quantitative estimate of drug-likeness (QED) is 0.777. The van der Waals surface area contributed by atoms with Crippen molar-refractivity contribution in [3.8, 4) is 0 Å². The maximum atomic E-state index is 12.4. The van der Waals surface area contributed by atoms with Crippen molar-refractivity contribution in [1.29, 1.82) is 0 Å². The number of likely N-dealkylation sites (tertiary alicyclic amines) is 1. The highest BCUT2D eigenvalue weighted by Gasteiger charge is 2.23. The predicted molar refractivity (Wildman–Crippen MR) is 97.4 cm³/mol. The molecule has 1 aromatic carbocycles. The summed E-state index contributed by atoms with van der Waals surface area (Å²) in [6, 6.07) is 7.91. The van der Waals surface area contributed by atoms with Crippen LogP contribution >= 0.6 is 0 Å². The number of hydrogen-bond donors (Lipinski definition) is 0. The van der Waals surface area contributed by atoms with E-state index in [0.29, 0.717) is 12.5 Å². The summed E-state index contributed by atoms with van der Waals surface area (Å²) in [5.74, 6) is 0.781. The minimum atomic E-state index is 0.256. The van der Waals surface area contributed by atoms with E-state index in [-0.39, 0.29) is 5.91 Å². The molecule has 0 unspecified atom stereocenters. The summed E-state index contributed by atoms with van der Waals surface area (Å²) >= 11 is 0. The highest BCUT2D eigenvalue weighted by Crippen LogP contribution is 2.19. The summed E-state index contributed by atoms with van der Waals surface area (Å²) in [7, 11) is 5.97. The second-order valence-electron chi connectivity index (χ2n) is 6.59. The van der Waals surface area contributed by atoms with E-state index in [4.69, 9.17) is 12.6 Å². The van der Waals surface area contributed by atoms with Gasteiger partial charge in [0.1, 0.15) is 7.85 Å². The summed E-state index contributed by atoms with van der Waals surface area (Å²) in [5, 5.41) is 0. The van der Waals surface area contributed by atoms with Crippen molar-refractivity contribution >= 4 is 25.3 Å². The second-order valence-corrected chi connectivity index (χ2v) is 6.59. The van der Waals surface area contributed by atoms with E-state index in [1.54, 1.807) is 0 Å². The predicted octanol–water partition coefficient (Wildman–Crippen LogP) is 1.06. The molecular formula is C19H25BN2O2. The summed E-state index contributed by atoms with van der Waals surface area (Å²) < 4.78 is 5.33. The number of nitrogens with zero attached hydrogens (tertiary/aromatic N) is 2. The molecule has 1 aromatic rings. The number of amides is 1. The van der Waals surface area contributed by atoms with Gasteiger partial charge in [0, 0.05) is 26.2 Å². The average Bonchev–Trinajstić information content (AvgIpc) is 2.62. The molecule has 2 radical (unpaired) electrons. The van der Waals surface area contributed by atoms with Crippen LogP contribution in [0.15, 0.2) is 30.3 Å². The van der Waals surface area contributed by atoms with Crippen LogP contribution in [0.25, 0.3) is 6.08 Å². The molecule has 2 saturated heterocycles. The van der Waals surface area contributed by atoms with Crippen LogP contribution in [0.3, 0.4) is 0 Å². The van der Waals surface area contributed by atoms with Gasteiger partial charge in [-0.05, 0) is 24.3 Å². The Kier molecular flexibility index (Phi) is 6.10. The molecule has 1 amide bonds. The van der Waals surface area contributed by atoms with Crippen molar-refractivity contribution in [2.75, 3.05) is 45.9 Å². The molecule has 2 heterocycles. The van der Waals surface area contributed by atoms with Crippen LogP contribution in [0.1, 0.15) is 18.4 Å². The van der Waals surface area contributed by atoms with Crippen molar-refractivity contribution in [1.82, 2.24) is 9.80 Å². The lowest BCUT2D eigenvalue weighted by atomic mass is 9.89. The zero-order valence-electron chi connectivity index (χ0n) is 14.2. The van der Waals surface area contributed by atoms with E-state index >= 15 is 0 Å². The van der Waals surface area contributed by atoms with E-state index in [2.05, 4.69) is 17.1 Å². The normalized spacial score (nSPS) is 20.6. The highest BCUT2D eigenvalue weighted by molar-refractivity contribution is 6.34. The number of carbonyl (C=O) groups is 1. The number of ether oxygens (including phenoxy) is 1. The molecule has 0 N–H and O–H groups in total. The number of benzene rings is 1. The lowest BCUT2D eigenvalue weighted by Gasteiger charge is -2.33. The standard InChI is InChI=1S/C19H25BN2O2/c20-18-4-2-1-3-17(18)6-5-16-7-9-22(10-8-16)19(23)15-21-11-13-24-14-12-21/h1-6,16H,7-15H2/b6-5+. The fourth-order valence-corrected chi connectivity index (χ4v) is 3.29. The second kappa shape index (κ2) is 8.49. The fraction of sp³-hybridized carbons (Fsp3) is 0.526. The Morgan fingerprint density at radius 3 is 2.58 bits per heavy atom. The van der Waals surface area contributed by atoms with Crippen molar-refractivity contribution in [2.24, 2.45) is 5.92 Å². The molecule has 4 nitrogen and oxygen atoms in total. The Bertz CT molecular complexity index is 576. The molecular weight excluding hydrogens is 299 g/mol. The molecule has 126 valence electrons. The van der Waals surface area contributed by atoms with Crippen molar-refractivity contribution in [2.45, 2.75) is 12.8 Å². The Morgan fingerprint density at radius 2 is 1.88 bits per heavy atom. The van der Waals surface area contributed by atoms with Crippen LogP contribution < -0.4 is 5.46 Å². The van der Waals surface area contributed by atoms with Gasteiger partial charge in [-0.3, -0.25) is 9.69 Å². The number of morpholine rings is 1. The summed E-state index contributed by atoms with van der Waals surface area (Å²) in [4.78, 5) is 16.6. The van der Waals surface area contributed by atoms with Gasteiger partial charge in [0.25, 0.3) is 0 Å². The summed E-state index contributed by atoms with van der Waals surface area (Å²) in [6.45, 7) is 5.44. The minimum Gasteiger partial charge on any atom is -0.379 e. The maximum Gasteiger partial charge on any atom is 0.236 e. The van der Waals surface area contributed by atoms with E-state index in [1.165, 1.54) is 0 Å². The number of rotatable bonds is 4. The molecule has 2 aliphatic rings. The van der Waals surface area contributed by atoms with E-state index in [1.807, 2.05) is 29.2 Å². The third-order valence-corrected chi connectivity index (χ3v) is 4.90. The lowest BCUT2D eigenvalue weighted by molar-refractivity contribution is -0.134. The first-order valence-electron chi connectivity index (χ1n) is 8.83. The van der Waals surface area contributed by atoms with Crippen molar-refractivity contribution in [3.05, 3.63) is 35.9 Å². The maximum absolute atomic E-state index is 12.4. The monoisotopic (exact) mass is 324 g/mol. The SMILES string of the molecule is [B]c1ccccc1/C=C/C1CCN(C(=O)CN2CCOCC2)CC1. The van der Waals surface area contributed by atoms with Crippen LogP contribution in [0.4, 0.5) is 0 Å². The smallest absolute Gasteiger partial charge is 0.236 e. The van der Waals surface area contributed by atoms with E-state index in [9.17, 15) is 4.79 Å². The molecule has 0 aliphatic carbocycles. The Balaban J connectivity index is 1.45. The van der Waals surface area contributed by atoms with Gasteiger partial charge in [-0.2, -0.15) is 0 Å². The van der Waals surface area contributed by atoms with Crippen molar-refractivity contribution in [3.63, 3.8) is 0 Å². The van der Waals surface area contributed by atoms with Gasteiger partial charge in [0.2, 0.25) is 5.91 Å². The highest BCUT2D eigenvalue weighted by atomic mass is 16.5.